The zero-order valence-electron chi connectivity index (χ0n) is 13.2. The van der Waals surface area contributed by atoms with E-state index in [1.807, 2.05) is 19.1 Å². The van der Waals surface area contributed by atoms with Crippen molar-refractivity contribution in [3.63, 3.8) is 0 Å². The van der Waals surface area contributed by atoms with Crippen molar-refractivity contribution in [2.75, 3.05) is 36.1 Å². The van der Waals surface area contributed by atoms with Crippen LogP contribution in [0, 0.1) is 0 Å². The summed E-state index contributed by atoms with van der Waals surface area (Å²) in [6, 6.07) is 5.42. The number of carbonyl (C=O) groups excluding carboxylic acids is 1. The zero-order chi connectivity index (χ0) is 16.8. The number of hydrogen-bond acceptors (Lipinski definition) is 8. The molecule has 24 heavy (non-hydrogen) atoms. The van der Waals surface area contributed by atoms with Gasteiger partial charge >= 0.3 is 0 Å². The zero-order valence-corrected chi connectivity index (χ0v) is 14.8. The van der Waals surface area contributed by atoms with Gasteiger partial charge in [0.05, 0.1) is 19.0 Å². The average Bonchev–Trinajstić information content (AvgIpc) is 2.89. The lowest BCUT2D eigenvalue weighted by Gasteiger charge is -2.10. The molecular weight excluding hydrogens is 348 g/mol. The third-order valence-electron chi connectivity index (χ3n) is 3.09. The van der Waals surface area contributed by atoms with Crippen molar-refractivity contribution in [3.8, 4) is 11.5 Å². The number of aromatic nitrogens is 2. The molecule has 0 radical (unpaired) electrons. The Bertz CT molecular complexity index is 708. The molecule has 1 amide bonds. The van der Waals surface area contributed by atoms with Crippen molar-refractivity contribution in [1.82, 2.24) is 10.2 Å². The first-order valence-corrected chi connectivity index (χ1v) is 9.44. The van der Waals surface area contributed by atoms with Crippen LogP contribution in [0.4, 0.5) is 10.8 Å². The standard InChI is InChI=1S/C15H18N4O3S2/c1-2-16-14-18-19-15(24-14)23-9-13(20)17-10-4-5-11-12(8-10)22-7-3-6-21-11/h4-5,8H,2-3,6-7,9H2,1H3,(H,16,18)(H,17,20). The highest BCUT2D eigenvalue weighted by Crippen LogP contribution is 2.32. The molecule has 7 nitrogen and oxygen atoms in total. The second-order valence-electron chi connectivity index (χ2n) is 4.95. The summed E-state index contributed by atoms with van der Waals surface area (Å²) in [5, 5.41) is 14.8. The Morgan fingerprint density at radius 1 is 1.29 bits per heavy atom. The molecule has 0 spiro atoms. The van der Waals surface area contributed by atoms with Crippen LogP contribution in [0.15, 0.2) is 22.5 Å². The maximum absolute atomic E-state index is 12.1. The molecule has 2 aromatic rings. The highest BCUT2D eigenvalue weighted by molar-refractivity contribution is 8.01. The van der Waals surface area contributed by atoms with Gasteiger partial charge in [0.25, 0.3) is 0 Å². The number of nitrogens with one attached hydrogen (secondary N) is 2. The molecule has 1 aliphatic rings. The Hall–Kier alpha value is -2.00. The van der Waals surface area contributed by atoms with Crippen molar-refractivity contribution < 1.29 is 14.3 Å². The summed E-state index contributed by atoms with van der Waals surface area (Å²) >= 11 is 2.80. The Kier molecular flexibility index (Phi) is 5.76. The molecule has 0 atom stereocenters. The van der Waals surface area contributed by atoms with Crippen molar-refractivity contribution in [2.24, 2.45) is 0 Å². The van der Waals surface area contributed by atoms with E-state index in [0.29, 0.717) is 30.4 Å². The molecule has 0 unspecified atom stereocenters. The second kappa shape index (κ2) is 8.20. The van der Waals surface area contributed by atoms with Crippen molar-refractivity contribution in [2.45, 2.75) is 17.7 Å². The van der Waals surface area contributed by atoms with Crippen molar-refractivity contribution >= 4 is 39.8 Å². The van der Waals surface area contributed by atoms with Gasteiger partial charge in [0.1, 0.15) is 0 Å². The first kappa shape index (κ1) is 16.8. The number of thioether (sulfide) groups is 1. The molecule has 1 aliphatic heterocycles. The van der Waals surface area contributed by atoms with Crippen molar-refractivity contribution in [3.05, 3.63) is 18.2 Å². The molecule has 1 aromatic carbocycles. The lowest BCUT2D eigenvalue weighted by atomic mass is 10.2. The normalized spacial score (nSPS) is 13.2. The van der Waals surface area contributed by atoms with E-state index in [0.717, 1.165) is 22.4 Å². The van der Waals surface area contributed by atoms with E-state index in [9.17, 15) is 4.79 Å². The topological polar surface area (TPSA) is 85.4 Å². The summed E-state index contributed by atoms with van der Waals surface area (Å²) in [5.74, 6) is 1.55. The van der Waals surface area contributed by atoms with Crippen LogP contribution >= 0.6 is 23.1 Å². The SMILES string of the molecule is CCNc1nnc(SCC(=O)Nc2ccc3c(c2)OCCCO3)s1. The number of hydrogen-bond donors (Lipinski definition) is 2. The third-order valence-corrected chi connectivity index (χ3v) is 5.11. The summed E-state index contributed by atoms with van der Waals surface area (Å²) in [5.41, 5.74) is 0.690. The molecule has 0 aliphatic carbocycles. The van der Waals surface area contributed by atoms with Crippen LogP contribution in [-0.4, -0.2) is 41.6 Å². The van der Waals surface area contributed by atoms with E-state index < -0.39 is 0 Å². The number of amides is 1. The van der Waals surface area contributed by atoms with Gasteiger partial charge in [-0.15, -0.1) is 10.2 Å². The molecule has 9 heteroatoms. The predicted molar refractivity (Wildman–Crippen MR) is 95.5 cm³/mol. The summed E-state index contributed by atoms with van der Waals surface area (Å²) in [4.78, 5) is 12.1. The Morgan fingerprint density at radius 3 is 2.96 bits per heavy atom. The average molecular weight is 366 g/mol. The minimum absolute atomic E-state index is 0.102. The Morgan fingerprint density at radius 2 is 2.12 bits per heavy atom. The number of benzene rings is 1. The van der Waals surface area contributed by atoms with Gasteiger partial charge < -0.3 is 20.1 Å². The van der Waals surface area contributed by atoms with E-state index in [-0.39, 0.29) is 11.7 Å². The number of anilines is 2. The number of fused-ring (bicyclic) bond motifs is 1. The second-order valence-corrected chi connectivity index (χ2v) is 7.15. The first-order chi connectivity index (χ1) is 11.7. The van der Waals surface area contributed by atoms with Crippen molar-refractivity contribution in [1.29, 1.82) is 0 Å². The number of carbonyl (C=O) groups is 1. The van der Waals surface area contributed by atoms with Crippen LogP contribution in [0.2, 0.25) is 0 Å². The van der Waals surface area contributed by atoms with Crippen LogP contribution in [0.3, 0.4) is 0 Å². The van der Waals surface area contributed by atoms with Gasteiger partial charge in [-0.1, -0.05) is 23.1 Å². The lowest BCUT2D eigenvalue weighted by molar-refractivity contribution is -0.113. The molecule has 128 valence electrons. The molecule has 1 aromatic heterocycles. The van der Waals surface area contributed by atoms with Crippen LogP contribution in [-0.2, 0) is 4.79 Å². The monoisotopic (exact) mass is 366 g/mol. The highest BCUT2D eigenvalue weighted by Gasteiger charge is 2.13. The third kappa shape index (κ3) is 4.51. The fraction of sp³-hybridized carbons (Fsp3) is 0.400. The van der Waals surface area contributed by atoms with Crippen LogP contribution in [0.25, 0.3) is 0 Å². The van der Waals surface area contributed by atoms with Gasteiger partial charge in [0.15, 0.2) is 15.8 Å². The lowest BCUT2D eigenvalue weighted by Crippen LogP contribution is -2.14. The summed E-state index contributed by atoms with van der Waals surface area (Å²) in [6.07, 6.45) is 0.851. The molecule has 3 rings (SSSR count). The maximum Gasteiger partial charge on any atom is 0.234 e. The fourth-order valence-electron chi connectivity index (χ4n) is 2.06. The van der Waals surface area contributed by atoms with Gasteiger partial charge in [0, 0.05) is 24.7 Å². The number of rotatable bonds is 6. The summed E-state index contributed by atoms with van der Waals surface area (Å²) in [6.45, 7) is 4.05. The van der Waals surface area contributed by atoms with Gasteiger partial charge in [-0.3, -0.25) is 4.79 Å². The molecule has 0 fully saturated rings. The Labute approximate surface area is 148 Å². The predicted octanol–water partition coefficient (Wildman–Crippen LogP) is 2.86. The van der Waals surface area contributed by atoms with E-state index in [2.05, 4.69) is 20.8 Å². The van der Waals surface area contributed by atoms with Gasteiger partial charge in [-0.05, 0) is 19.1 Å². The molecular formula is C15H18N4O3S2. The summed E-state index contributed by atoms with van der Waals surface area (Å²) < 4.78 is 12.0. The first-order valence-electron chi connectivity index (χ1n) is 7.64. The highest BCUT2D eigenvalue weighted by atomic mass is 32.2. The van der Waals surface area contributed by atoms with E-state index in [1.165, 1.54) is 23.1 Å². The molecule has 0 bridgehead atoms. The summed E-state index contributed by atoms with van der Waals surface area (Å²) in [7, 11) is 0. The van der Waals surface area contributed by atoms with Gasteiger partial charge in [0.2, 0.25) is 11.0 Å². The minimum atomic E-state index is -0.102. The van der Waals surface area contributed by atoms with E-state index in [4.69, 9.17) is 9.47 Å². The number of ether oxygens (including phenoxy) is 2. The molecule has 0 saturated heterocycles. The Balaban J connectivity index is 1.53. The van der Waals surface area contributed by atoms with Gasteiger partial charge in [-0.25, -0.2) is 0 Å². The molecule has 2 heterocycles. The minimum Gasteiger partial charge on any atom is -0.490 e. The quantitative estimate of drug-likeness (QED) is 0.760. The van der Waals surface area contributed by atoms with Crippen LogP contribution in [0.1, 0.15) is 13.3 Å². The fourth-order valence-corrected chi connectivity index (χ4v) is 3.68. The number of nitrogens with zero attached hydrogens (tertiary/aromatic N) is 2. The smallest absolute Gasteiger partial charge is 0.234 e. The van der Waals surface area contributed by atoms with Crippen LogP contribution < -0.4 is 20.1 Å². The van der Waals surface area contributed by atoms with Crippen LogP contribution in [0.5, 0.6) is 11.5 Å². The maximum atomic E-state index is 12.1. The van der Waals surface area contributed by atoms with E-state index >= 15 is 0 Å². The molecule has 0 saturated carbocycles. The molecule has 2 N–H and O–H groups in total. The van der Waals surface area contributed by atoms with Gasteiger partial charge in [-0.2, -0.15) is 0 Å². The van der Waals surface area contributed by atoms with E-state index in [1.54, 1.807) is 6.07 Å². The largest absolute Gasteiger partial charge is 0.490 e.